The molecule has 1 aromatic rings. The molecule has 1 aliphatic carbocycles. The Morgan fingerprint density at radius 1 is 1.22 bits per heavy atom. The maximum absolute atomic E-state index is 11.8. The van der Waals surface area contributed by atoms with Crippen LogP contribution in [-0.2, 0) is 16.1 Å². The van der Waals surface area contributed by atoms with Crippen LogP contribution in [-0.4, -0.2) is 44.0 Å². The molecular weight excluding hydrogens is 296 g/mol. The SMILES string of the molecule is COc1ccc(CN(CCNC(=O)C2CC2)C(C)=O)cc1OC. The van der Waals surface area contributed by atoms with Gasteiger partial charge in [-0.3, -0.25) is 9.59 Å². The zero-order valence-electron chi connectivity index (χ0n) is 13.9. The lowest BCUT2D eigenvalue weighted by molar-refractivity contribution is -0.130. The normalized spacial score (nSPS) is 13.3. The lowest BCUT2D eigenvalue weighted by atomic mass is 10.2. The van der Waals surface area contributed by atoms with Crippen LogP contribution in [0, 0.1) is 5.92 Å². The molecule has 6 heteroatoms. The van der Waals surface area contributed by atoms with E-state index in [0.717, 1.165) is 18.4 Å². The molecule has 126 valence electrons. The lowest BCUT2D eigenvalue weighted by Crippen LogP contribution is -2.37. The molecule has 0 heterocycles. The van der Waals surface area contributed by atoms with Gasteiger partial charge in [-0.2, -0.15) is 0 Å². The Labute approximate surface area is 136 Å². The highest BCUT2D eigenvalue weighted by Crippen LogP contribution is 2.29. The number of carbonyl (C=O) groups is 2. The second-order valence-corrected chi connectivity index (χ2v) is 5.70. The number of hydrogen-bond acceptors (Lipinski definition) is 4. The van der Waals surface area contributed by atoms with Gasteiger partial charge in [-0.15, -0.1) is 0 Å². The van der Waals surface area contributed by atoms with E-state index in [-0.39, 0.29) is 17.7 Å². The fourth-order valence-corrected chi connectivity index (χ4v) is 2.35. The Hall–Kier alpha value is -2.24. The minimum atomic E-state index is -0.0274. The molecule has 0 radical (unpaired) electrons. The molecule has 0 atom stereocenters. The number of nitrogens with one attached hydrogen (secondary N) is 1. The largest absolute Gasteiger partial charge is 0.493 e. The number of amides is 2. The third-order valence-electron chi connectivity index (χ3n) is 3.90. The van der Waals surface area contributed by atoms with E-state index in [1.807, 2.05) is 18.2 Å². The summed E-state index contributed by atoms with van der Waals surface area (Å²) < 4.78 is 10.5. The van der Waals surface area contributed by atoms with E-state index in [1.165, 1.54) is 6.92 Å². The maximum atomic E-state index is 11.8. The maximum Gasteiger partial charge on any atom is 0.223 e. The fraction of sp³-hybridized carbons (Fsp3) is 0.529. The van der Waals surface area contributed by atoms with E-state index in [9.17, 15) is 9.59 Å². The second kappa shape index (κ2) is 7.85. The Kier molecular flexibility index (Phi) is 5.84. The summed E-state index contributed by atoms with van der Waals surface area (Å²) in [5, 5.41) is 2.88. The fourth-order valence-electron chi connectivity index (χ4n) is 2.35. The molecule has 0 spiro atoms. The minimum Gasteiger partial charge on any atom is -0.493 e. The molecule has 2 rings (SSSR count). The van der Waals surface area contributed by atoms with Crippen LogP contribution in [0.4, 0.5) is 0 Å². The molecule has 0 unspecified atom stereocenters. The number of methoxy groups -OCH3 is 2. The van der Waals surface area contributed by atoms with Crippen LogP contribution in [0.15, 0.2) is 18.2 Å². The second-order valence-electron chi connectivity index (χ2n) is 5.70. The van der Waals surface area contributed by atoms with Crippen molar-refractivity contribution in [2.45, 2.75) is 26.3 Å². The predicted octanol–water partition coefficient (Wildman–Crippen LogP) is 1.58. The van der Waals surface area contributed by atoms with Crippen LogP contribution in [0.5, 0.6) is 11.5 Å². The Balaban J connectivity index is 1.92. The number of carbonyl (C=O) groups excluding carboxylic acids is 2. The molecule has 1 aliphatic rings. The third-order valence-corrected chi connectivity index (χ3v) is 3.90. The summed E-state index contributed by atoms with van der Waals surface area (Å²) in [7, 11) is 3.17. The van der Waals surface area contributed by atoms with Crippen molar-refractivity contribution in [1.29, 1.82) is 0 Å². The standard InChI is InChI=1S/C17H24N2O4/c1-12(20)19(9-8-18-17(21)14-5-6-14)11-13-4-7-15(22-2)16(10-13)23-3/h4,7,10,14H,5-6,8-9,11H2,1-3H3,(H,18,21). The van der Waals surface area contributed by atoms with Crippen LogP contribution < -0.4 is 14.8 Å². The molecule has 0 bridgehead atoms. The lowest BCUT2D eigenvalue weighted by Gasteiger charge is -2.22. The number of rotatable bonds is 8. The van der Waals surface area contributed by atoms with Crippen molar-refractivity contribution in [1.82, 2.24) is 10.2 Å². The van der Waals surface area contributed by atoms with Gasteiger partial charge < -0.3 is 19.7 Å². The third kappa shape index (κ3) is 4.87. The quantitative estimate of drug-likeness (QED) is 0.789. The van der Waals surface area contributed by atoms with E-state index in [2.05, 4.69) is 5.32 Å². The van der Waals surface area contributed by atoms with Crippen LogP contribution >= 0.6 is 0 Å². The Bertz CT molecular complexity index is 570. The molecule has 23 heavy (non-hydrogen) atoms. The molecule has 0 saturated heterocycles. The van der Waals surface area contributed by atoms with Crippen LogP contribution in [0.3, 0.4) is 0 Å². The molecule has 2 amide bonds. The van der Waals surface area contributed by atoms with Crippen molar-refractivity contribution in [2.75, 3.05) is 27.3 Å². The molecular formula is C17H24N2O4. The van der Waals surface area contributed by atoms with Crippen molar-refractivity contribution < 1.29 is 19.1 Å². The van der Waals surface area contributed by atoms with Gasteiger partial charge in [0.1, 0.15) is 0 Å². The van der Waals surface area contributed by atoms with Crippen molar-refractivity contribution in [3.63, 3.8) is 0 Å². The van der Waals surface area contributed by atoms with Gasteiger partial charge in [-0.25, -0.2) is 0 Å². The topological polar surface area (TPSA) is 67.9 Å². The van der Waals surface area contributed by atoms with E-state index >= 15 is 0 Å². The zero-order valence-corrected chi connectivity index (χ0v) is 13.9. The molecule has 1 aromatic carbocycles. The summed E-state index contributed by atoms with van der Waals surface area (Å²) in [5.74, 6) is 1.55. The number of benzene rings is 1. The summed E-state index contributed by atoms with van der Waals surface area (Å²) in [6.45, 7) is 2.96. The van der Waals surface area contributed by atoms with Gasteiger partial charge in [0.25, 0.3) is 0 Å². The Morgan fingerprint density at radius 2 is 1.91 bits per heavy atom. The molecule has 0 aliphatic heterocycles. The van der Waals surface area contributed by atoms with Crippen LogP contribution in [0.1, 0.15) is 25.3 Å². The van der Waals surface area contributed by atoms with E-state index in [1.54, 1.807) is 19.1 Å². The van der Waals surface area contributed by atoms with E-state index in [0.29, 0.717) is 31.1 Å². The van der Waals surface area contributed by atoms with Crippen molar-refractivity contribution in [2.24, 2.45) is 5.92 Å². The first-order valence-electron chi connectivity index (χ1n) is 7.79. The first-order valence-corrected chi connectivity index (χ1v) is 7.79. The Morgan fingerprint density at radius 3 is 2.48 bits per heavy atom. The van der Waals surface area contributed by atoms with Crippen molar-refractivity contribution in [3.05, 3.63) is 23.8 Å². The number of hydrogen-bond donors (Lipinski definition) is 1. The summed E-state index contributed by atoms with van der Waals surface area (Å²) in [4.78, 5) is 25.1. The summed E-state index contributed by atoms with van der Waals surface area (Å²) in [6.07, 6.45) is 1.96. The van der Waals surface area contributed by atoms with E-state index in [4.69, 9.17) is 9.47 Å². The highest BCUT2D eigenvalue weighted by molar-refractivity contribution is 5.80. The van der Waals surface area contributed by atoms with Gasteiger partial charge in [0.15, 0.2) is 11.5 Å². The molecule has 6 nitrogen and oxygen atoms in total. The molecule has 1 fully saturated rings. The highest BCUT2D eigenvalue weighted by atomic mass is 16.5. The number of ether oxygens (including phenoxy) is 2. The summed E-state index contributed by atoms with van der Waals surface area (Å²) >= 11 is 0. The average molecular weight is 320 g/mol. The minimum absolute atomic E-state index is 0.0274. The van der Waals surface area contributed by atoms with Crippen LogP contribution in [0.2, 0.25) is 0 Å². The van der Waals surface area contributed by atoms with Gasteiger partial charge in [0.05, 0.1) is 14.2 Å². The molecule has 1 saturated carbocycles. The molecule has 1 N–H and O–H groups in total. The van der Waals surface area contributed by atoms with E-state index < -0.39 is 0 Å². The van der Waals surface area contributed by atoms with Crippen molar-refractivity contribution in [3.8, 4) is 11.5 Å². The van der Waals surface area contributed by atoms with Crippen molar-refractivity contribution >= 4 is 11.8 Å². The zero-order chi connectivity index (χ0) is 16.8. The van der Waals surface area contributed by atoms with Crippen LogP contribution in [0.25, 0.3) is 0 Å². The first-order chi connectivity index (χ1) is 11.0. The summed E-state index contributed by atoms with van der Waals surface area (Å²) in [6, 6.07) is 5.58. The van der Waals surface area contributed by atoms with Gasteiger partial charge in [0.2, 0.25) is 11.8 Å². The van der Waals surface area contributed by atoms with Gasteiger partial charge in [0, 0.05) is 32.5 Å². The highest BCUT2D eigenvalue weighted by Gasteiger charge is 2.29. The smallest absolute Gasteiger partial charge is 0.223 e. The monoisotopic (exact) mass is 320 g/mol. The summed E-state index contributed by atoms with van der Waals surface area (Å²) in [5.41, 5.74) is 0.950. The predicted molar refractivity (Wildman–Crippen MR) is 86.4 cm³/mol. The average Bonchev–Trinajstić information content (AvgIpc) is 3.38. The van der Waals surface area contributed by atoms with Gasteiger partial charge >= 0.3 is 0 Å². The van der Waals surface area contributed by atoms with Gasteiger partial charge in [-0.1, -0.05) is 6.07 Å². The van der Waals surface area contributed by atoms with Gasteiger partial charge in [-0.05, 0) is 30.5 Å². The molecule has 0 aromatic heterocycles. The first kappa shape index (κ1) is 17.1. The number of nitrogens with zero attached hydrogens (tertiary/aromatic N) is 1.